The van der Waals surface area contributed by atoms with Gasteiger partial charge >= 0.3 is 0 Å². The number of hydrogen-bond acceptors (Lipinski definition) is 6. The van der Waals surface area contributed by atoms with Gasteiger partial charge in [0.1, 0.15) is 17.5 Å². The number of aryl methyl sites for hydroxylation is 2. The van der Waals surface area contributed by atoms with Crippen molar-refractivity contribution in [3.63, 3.8) is 0 Å². The van der Waals surface area contributed by atoms with E-state index in [9.17, 15) is 0 Å². The molecule has 2 rings (SSSR count). The van der Waals surface area contributed by atoms with E-state index in [0.717, 1.165) is 11.4 Å². The number of nitriles is 1. The highest BCUT2D eigenvalue weighted by molar-refractivity contribution is 5.59. The Morgan fingerprint density at radius 2 is 2.22 bits per heavy atom. The molecule has 7 nitrogen and oxygen atoms in total. The van der Waals surface area contributed by atoms with E-state index in [1.54, 1.807) is 11.7 Å². The SMILES string of the molecule is CNc1nc(Nc2cn(C)nc2C)ncc1C#N. The van der Waals surface area contributed by atoms with E-state index in [1.807, 2.05) is 26.2 Å². The van der Waals surface area contributed by atoms with Gasteiger partial charge in [0.25, 0.3) is 0 Å². The third kappa shape index (κ3) is 2.22. The molecule has 0 radical (unpaired) electrons. The first kappa shape index (κ1) is 11.9. The van der Waals surface area contributed by atoms with Crippen molar-refractivity contribution in [1.82, 2.24) is 19.7 Å². The number of nitrogens with zero attached hydrogens (tertiary/aromatic N) is 5. The van der Waals surface area contributed by atoms with E-state index in [0.29, 0.717) is 17.3 Å². The minimum absolute atomic E-state index is 0.408. The van der Waals surface area contributed by atoms with E-state index in [2.05, 4.69) is 25.7 Å². The van der Waals surface area contributed by atoms with Crippen LogP contribution < -0.4 is 10.6 Å². The molecule has 0 atom stereocenters. The molecule has 0 aliphatic rings. The van der Waals surface area contributed by atoms with E-state index in [1.165, 1.54) is 6.20 Å². The van der Waals surface area contributed by atoms with Gasteiger partial charge in [0, 0.05) is 20.3 Å². The first-order chi connectivity index (χ1) is 8.63. The maximum absolute atomic E-state index is 8.87. The van der Waals surface area contributed by atoms with Crippen LogP contribution in [0.1, 0.15) is 11.3 Å². The zero-order chi connectivity index (χ0) is 13.1. The van der Waals surface area contributed by atoms with Gasteiger partial charge in [-0.3, -0.25) is 4.68 Å². The van der Waals surface area contributed by atoms with E-state index < -0.39 is 0 Å². The topological polar surface area (TPSA) is 91.4 Å². The lowest BCUT2D eigenvalue weighted by Gasteiger charge is -2.06. The lowest BCUT2D eigenvalue weighted by molar-refractivity contribution is 0.756. The number of anilines is 3. The molecule has 2 aromatic rings. The summed E-state index contributed by atoms with van der Waals surface area (Å²) in [7, 11) is 3.55. The van der Waals surface area contributed by atoms with Gasteiger partial charge in [-0.15, -0.1) is 0 Å². The van der Waals surface area contributed by atoms with Crippen LogP contribution in [0.15, 0.2) is 12.4 Å². The number of hydrogen-bond donors (Lipinski definition) is 2. The fourth-order valence-corrected chi connectivity index (χ4v) is 1.56. The minimum Gasteiger partial charge on any atom is -0.372 e. The summed E-state index contributed by atoms with van der Waals surface area (Å²) in [4.78, 5) is 8.30. The molecule has 7 heteroatoms. The molecule has 0 amide bonds. The fourth-order valence-electron chi connectivity index (χ4n) is 1.56. The highest BCUT2D eigenvalue weighted by atomic mass is 15.3. The second-order valence-electron chi connectivity index (χ2n) is 3.74. The summed E-state index contributed by atoms with van der Waals surface area (Å²) in [6.07, 6.45) is 3.32. The quantitative estimate of drug-likeness (QED) is 0.841. The van der Waals surface area contributed by atoms with Crippen molar-refractivity contribution in [3.05, 3.63) is 23.7 Å². The van der Waals surface area contributed by atoms with Crippen molar-refractivity contribution in [2.24, 2.45) is 7.05 Å². The highest BCUT2D eigenvalue weighted by Crippen LogP contribution is 2.18. The van der Waals surface area contributed by atoms with Gasteiger partial charge < -0.3 is 10.6 Å². The van der Waals surface area contributed by atoms with Crippen LogP contribution >= 0.6 is 0 Å². The van der Waals surface area contributed by atoms with Gasteiger partial charge in [-0.2, -0.15) is 15.3 Å². The first-order valence-electron chi connectivity index (χ1n) is 5.36. The molecule has 0 fully saturated rings. The molecule has 0 unspecified atom stereocenters. The molecular weight excluding hydrogens is 230 g/mol. The third-order valence-electron chi connectivity index (χ3n) is 2.41. The maximum Gasteiger partial charge on any atom is 0.229 e. The first-order valence-corrected chi connectivity index (χ1v) is 5.36. The monoisotopic (exact) mass is 243 g/mol. The van der Waals surface area contributed by atoms with Gasteiger partial charge in [0.15, 0.2) is 0 Å². The zero-order valence-electron chi connectivity index (χ0n) is 10.4. The molecule has 92 valence electrons. The lowest BCUT2D eigenvalue weighted by atomic mass is 10.3. The average molecular weight is 243 g/mol. The average Bonchev–Trinajstić information content (AvgIpc) is 2.67. The minimum atomic E-state index is 0.408. The number of nitrogens with one attached hydrogen (secondary N) is 2. The van der Waals surface area contributed by atoms with Crippen molar-refractivity contribution in [2.75, 3.05) is 17.7 Å². The van der Waals surface area contributed by atoms with Crippen molar-refractivity contribution in [1.29, 1.82) is 5.26 Å². The summed E-state index contributed by atoms with van der Waals surface area (Å²) >= 11 is 0. The van der Waals surface area contributed by atoms with Gasteiger partial charge in [0.05, 0.1) is 17.6 Å². The van der Waals surface area contributed by atoms with Crippen LogP contribution in [0.4, 0.5) is 17.5 Å². The van der Waals surface area contributed by atoms with Crippen LogP contribution in [0.2, 0.25) is 0 Å². The summed E-state index contributed by atoms with van der Waals surface area (Å²) in [5.41, 5.74) is 2.10. The van der Waals surface area contributed by atoms with Gasteiger partial charge in [0.2, 0.25) is 5.95 Å². The highest BCUT2D eigenvalue weighted by Gasteiger charge is 2.08. The van der Waals surface area contributed by atoms with Crippen LogP contribution in [0.3, 0.4) is 0 Å². The van der Waals surface area contributed by atoms with Crippen LogP contribution in [0.25, 0.3) is 0 Å². The molecular formula is C11H13N7. The van der Waals surface area contributed by atoms with Crippen LogP contribution in [-0.4, -0.2) is 26.8 Å². The van der Waals surface area contributed by atoms with Crippen LogP contribution in [-0.2, 0) is 7.05 Å². The Hall–Kier alpha value is -2.62. The molecule has 0 aromatic carbocycles. The summed E-state index contributed by atoms with van der Waals surface area (Å²) in [5, 5.41) is 19.0. The smallest absolute Gasteiger partial charge is 0.229 e. The second kappa shape index (κ2) is 4.71. The predicted octanol–water partition coefficient (Wildman–Crippen LogP) is 1.18. The Kier molecular flexibility index (Phi) is 3.10. The summed E-state index contributed by atoms with van der Waals surface area (Å²) in [5.74, 6) is 0.922. The molecule has 2 heterocycles. The van der Waals surface area contributed by atoms with Crippen molar-refractivity contribution in [3.8, 4) is 6.07 Å². The molecule has 0 saturated heterocycles. The van der Waals surface area contributed by atoms with E-state index >= 15 is 0 Å². The van der Waals surface area contributed by atoms with Crippen molar-refractivity contribution < 1.29 is 0 Å². The van der Waals surface area contributed by atoms with Crippen LogP contribution in [0.5, 0.6) is 0 Å². The summed E-state index contributed by atoms with van der Waals surface area (Å²) in [6, 6.07) is 2.02. The molecule has 0 aliphatic carbocycles. The zero-order valence-corrected chi connectivity index (χ0v) is 10.4. The van der Waals surface area contributed by atoms with Gasteiger partial charge in [-0.1, -0.05) is 0 Å². The molecule has 0 saturated carbocycles. The summed E-state index contributed by atoms with van der Waals surface area (Å²) < 4.78 is 1.71. The Labute approximate surface area is 104 Å². The van der Waals surface area contributed by atoms with E-state index in [-0.39, 0.29) is 0 Å². The number of rotatable bonds is 3. The Morgan fingerprint density at radius 3 is 2.78 bits per heavy atom. The molecule has 18 heavy (non-hydrogen) atoms. The lowest BCUT2D eigenvalue weighted by Crippen LogP contribution is -2.03. The maximum atomic E-state index is 8.87. The Balaban J connectivity index is 2.30. The largest absolute Gasteiger partial charge is 0.372 e. The van der Waals surface area contributed by atoms with Crippen molar-refractivity contribution >= 4 is 17.5 Å². The molecule has 2 N–H and O–H groups in total. The molecule has 0 spiro atoms. The third-order valence-corrected chi connectivity index (χ3v) is 2.41. The predicted molar refractivity (Wildman–Crippen MR) is 67.5 cm³/mol. The second-order valence-corrected chi connectivity index (χ2v) is 3.74. The fraction of sp³-hybridized carbons (Fsp3) is 0.273. The van der Waals surface area contributed by atoms with Gasteiger partial charge in [-0.25, -0.2) is 4.98 Å². The van der Waals surface area contributed by atoms with Crippen LogP contribution in [0, 0.1) is 18.3 Å². The summed E-state index contributed by atoms with van der Waals surface area (Å²) in [6.45, 7) is 1.89. The van der Waals surface area contributed by atoms with Gasteiger partial charge in [-0.05, 0) is 6.92 Å². The molecule has 0 bridgehead atoms. The van der Waals surface area contributed by atoms with Crippen molar-refractivity contribution in [2.45, 2.75) is 6.92 Å². The van der Waals surface area contributed by atoms with E-state index in [4.69, 9.17) is 5.26 Å². The Bertz CT molecular complexity index is 608. The molecule has 0 aliphatic heterocycles. The normalized spacial score (nSPS) is 9.89. The molecule has 2 aromatic heterocycles. The number of aromatic nitrogens is 4. The standard InChI is InChI=1S/C11H13N7/c1-7-9(6-18(3)17-7)15-11-14-5-8(4-12)10(13-2)16-11/h5-6H,1-3H3,(H2,13,14,15,16). The Morgan fingerprint density at radius 1 is 1.44 bits per heavy atom.